The monoisotopic (exact) mass is 503 g/mol. The molecule has 0 radical (unpaired) electrons. The number of unbranched alkanes of at least 4 members (excludes halogenated alkanes) is 1. The van der Waals surface area contributed by atoms with E-state index >= 15 is 0 Å². The molecule has 1 aromatic heterocycles. The zero-order valence-electron chi connectivity index (χ0n) is 20.9. The maximum absolute atomic E-state index is 10.9. The van der Waals surface area contributed by atoms with E-state index in [1.807, 2.05) is 0 Å². The van der Waals surface area contributed by atoms with Crippen LogP contribution in [0.2, 0.25) is 0 Å². The summed E-state index contributed by atoms with van der Waals surface area (Å²) in [5, 5.41) is 17.4. The molecule has 0 amide bonds. The average Bonchev–Trinajstić information content (AvgIpc) is 2.90. The van der Waals surface area contributed by atoms with Gasteiger partial charge in [0, 0.05) is 63.6 Å². The summed E-state index contributed by atoms with van der Waals surface area (Å²) in [4.78, 5) is 28.7. The first kappa shape index (κ1) is 27.3. The Bertz CT molecular complexity index is 924. The number of nitrogens with zero attached hydrogens (tertiary/aromatic N) is 6. The first-order chi connectivity index (χ1) is 17.6. The fourth-order valence-electron chi connectivity index (χ4n) is 3.63. The normalized spacial score (nSPS) is 13.6. The summed E-state index contributed by atoms with van der Waals surface area (Å²) in [6.07, 6.45) is 2.10. The first-order valence-corrected chi connectivity index (χ1v) is 12.4. The lowest BCUT2D eigenvalue weighted by Crippen LogP contribution is -2.47. The molecule has 1 fully saturated rings. The minimum atomic E-state index is -0.385. The standard InChI is InChI=1S/C23H37N9O4/c1-2-3-9-25-21-27-22(26-10-16-36-18-17-35-15-8-24)29-23(28-21)31-13-11-30(12-14-31)19-4-6-20(7-5-19)32(33)34/h4-7H,2-3,8-18,24H2,1H3,(H2,25,26,27,28,29). The van der Waals surface area contributed by atoms with Crippen molar-refractivity contribution in [2.75, 3.05) is 92.7 Å². The predicted molar refractivity (Wildman–Crippen MR) is 140 cm³/mol. The molecule has 0 atom stereocenters. The Hall–Kier alpha value is -3.29. The van der Waals surface area contributed by atoms with E-state index in [2.05, 4.69) is 42.3 Å². The van der Waals surface area contributed by atoms with Gasteiger partial charge in [0.05, 0.1) is 31.4 Å². The zero-order valence-corrected chi connectivity index (χ0v) is 20.9. The van der Waals surface area contributed by atoms with Crippen LogP contribution in [-0.4, -0.2) is 92.1 Å². The third-order valence-corrected chi connectivity index (χ3v) is 5.59. The molecule has 0 saturated carbocycles. The van der Waals surface area contributed by atoms with Gasteiger partial charge in [-0.25, -0.2) is 0 Å². The van der Waals surface area contributed by atoms with E-state index in [9.17, 15) is 10.1 Å². The van der Waals surface area contributed by atoms with Crippen molar-refractivity contribution in [1.82, 2.24) is 15.0 Å². The molecule has 198 valence electrons. The maximum atomic E-state index is 10.9. The van der Waals surface area contributed by atoms with Crippen LogP contribution in [0.4, 0.5) is 29.2 Å². The summed E-state index contributed by atoms with van der Waals surface area (Å²) in [5.41, 5.74) is 6.45. The second kappa shape index (κ2) is 15.0. The van der Waals surface area contributed by atoms with E-state index in [1.54, 1.807) is 12.1 Å². The highest BCUT2D eigenvalue weighted by Crippen LogP contribution is 2.22. The van der Waals surface area contributed by atoms with E-state index in [0.29, 0.717) is 57.4 Å². The number of ether oxygens (including phenoxy) is 2. The van der Waals surface area contributed by atoms with Gasteiger partial charge in [-0.3, -0.25) is 10.1 Å². The lowest BCUT2D eigenvalue weighted by Gasteiger charge is -2.36. The molecule has 13 heteroatoms. The lowest BCUT2D eigenvalue weighted by molar-refractivity contribution is -0.384. The number of benzene rings is 1. The van der Waals surface area contributed by atoms with Crippen molar-refractivity contribution < 1.29 is 14.4 Å². The maximum Gasteiger partial charge on any atom is 0.269 e. The van der Waals surface area contributed by atoms with Crippen molar-refractivity contribution in [2.24, 2.45) is 5.73 Å². The highest BCUT2D eigenvalue weighted by molar-refractivity contribution is 5.53. The highest BCUT2D eigenvalue weighted by Gasteiger charge is 2.21. The Kier molecular flexibility index (Phi) is 11.3. The van der Waals surface area contributed by atoms with E-state index in [1.165, 1.54) is 12.1 Å². The molecule has 36 heavy (non-hydrogen) atoms. The van der Waals surface area contributed by atoms with Gasteiger partial charge >= 0.3 is 0 Å². The Morgan fingerprint density at radius 3 is 2.14 bits per heavy atom. The van der Waals surface area contributed by atoms with Gasteiger partial charge in [0.1, 0.15) is 0 Å². The number of nitro benzene ring substituents is 1. The van der Waals surface area contributed by atoms with Gasteiger partial charge in [-0.1, -0.05) is 13.3 Å². The van der Waals surface area contributed by atoms with Gasteiger partial charge in [-0.05, 0) is 18.6 Å². The Morgan fingerprint density at radius 1 is 0.917 bits per heavy atom. The van der Waals surface area contributed by atoms with Crippen LogP contribution >= 0.6 is 0 Å². The van der Waals surface area contributed by atoms with Gasteiger partial charge in [0.25, 0.3) is 5.69 Å². The average molecular weight is 504 g/mol. The van der Waals surface area contributed by atoms with Crippen LogP contribution in [0.25, 0.3) is 0 Å². The SMILES string of the molecule is CCCCNc1nc(NCCOCCOCCN)nc(N2CCN(c3ccc([N+](=O)[O-])cc3)CC2)n1. The molecule has 1 aliphatic rings. The molecule has 0 aliphatic carbocycles. The topological polar surface area (TPSA) is 157 Å². The second-order valence-electron chi connectivity index (χ2n) is 8.25. The molecule has 3 rings (SSSR count). The minimum Gasteiger partial charge on any atom is -0.378 e. The largest absolute Gasteiger partial charge is 0.378 e. The van der Waals surface area contributed by atoms with E-state index in [-0.39, 0.29) is 10.6 Å². The van der Waals surface area contributed by atoms with Gasteiger partial charge in [-0.15, -0.1) is 0 Å². The Morgan fingerprint density at radius 2 is 1.53 bits per heavy atom. The van der Waals surface area contributed by atoms with E-state index < -0.39 is 0 Å². The van der Waals surface area contributed by atoms with Gasteiger partial charge in [-0.2, -0.15) is 15.0 Å². The first-order valence-electron chi connectivity index (χ1n) is 12.4. The number of nitro groups is 1. The van der Waals surface area contributed by atoms with E-state index in [4.69, 9.17) is 15.2 Å². The predicted octanol–water partition coefficient (Wildman–Crippen LogP) is 1.72. The van der Waals surface area contributed by atoms with Gasteiger partial charge in [0.15, 0.2) is 0 Å². The van der Waals surface area contributed by atoms with Crippen LogP contribution in [0, 0.1) is 10.1 Å². The van der Waals surface area contributed by atoms with Crippen LogP contribution in [0.1, 0.15) is 19.8 Å². The number of aromatic nitrogens is 3. The minimum absolute atomic E-state index is 0.0935. The number of nitrogens with one attached hydrogen (secondary N) is 2. The quantitative estimate of drug-likeness (QED) is 0.173. The molecule has 0 spiro atoms. The molecule has 13 nitrogen and oxygen atoms in total. The van der Waals surface area contributed by atoms with Crippen molar-refractivity contribution in [3.05, 3.63) is 34.4 Å². The molecule has 0 bridgehead atoms. The third-order valence-electron chi connectivity index (χ3n) is 5.59. The van der Waals surface area contributed by atoms with Crippen LogP contribution in [0.3, 0.4) is 0 Å². The number of hydrogen-bond acceptors (Lipinski definition) is 12. The van der Waals surface area contributed by atoms with Crippen LogP contribution in [-0.2, 0) is 9.47 Å². The summed E-state index contributed by atoms with van der Waals surface area (Å²) >= 11 is 0. The summed E-state index contributed by atoms with van der Waals surface area (Å²) in [6, 6.07) is 6.66. The molecular weight excluding hydrogens is 466 g/mol. The summed E-state index contributed by atoms with van der Waals surface area (Å²) in [6.45, 7) is 9.00. The molecule has 0 unspecified atom stereocenters. The molecule has 1 saturated heterocycles. The van der Waals surface area contributed by atoms with Crippen molar-refractivity contribution in [3.63, 3.8) is 0 Å². The lowest BCUT2D eigenvalue weighted by atomic mass is 10.2. The third kappa shape index (κ3) is 8.73. The smallest absolute Gasteiger partial charge is 0.269 e. The number of nitrogens with two attached hydrogens (primary N) is 1. The zero-order chi connectivity index (χ0) is 25.6. The second-order valence-corrected chi connectivity index (χ2v) is 8.25. The fraction of sp³-hybridized carbons (Fsp3) is 0.609. The molecule has 4 N–H and O–H groups in total. The Balaban J connectivity index is 1.56. The number of rotatable bonds is 16. The number of non-ortho nitro benzene ring substituents is 1. The number of piperazine rings is 1. The summed E-state index contributed by atoms with van der Waals surface area (Å²) in [5.74, 6) is 1.66. The van der Waals surface area contributed by atoms with Crippen molar-refractivity contribution in [2.45, 2.75) is 19.8 Å². The highest BCUT2D eigenvalue weighted by atomic mass is 16.6. The van der Waals surface area contributed by atoms with Gasteiger partial charge in [0.2, 0.25) is 17.8 Å². The molecule has 2 heterocycles. The molecule has 2 aromatic rings. The van der Waals surface area contributed by atoms with Crippen LogP contribution < -0.4 is 26.2 Å². The van der Waals surface area contributed by atoms with Gasteiger partial charge < -0.3 is 35.6 Å². The molecule has 1 aromatic carbocycles. The molecular formula is C23H37N9O4. The van der Waals surface area contributed by atoms with Crippen molar-refractivity contribution in [1.29, 1.82) is 0 Å². The molecule has 1 aliphatic heterocycles. The van der Waals surface area contributed by atoms with Crippen LogP contribution in [0.15, 0.2) is 24.3 Å². The van der Waals surface area contributed by atoms with Crippen molar-refractivity contribution >= 4 is 29.2 Å². The number of hydrogen-bond donors (Lipinski definition) is 3. The summed E-state index contributed by atoms with van der Waals surface area (Å²) in [7, 11) is 0. The number of anilines is 4. The summed E-state index contributed by atoms with van der Waals surface area (Å²) < 4.78 is 10.9. The fourth-order valence-corrected chi connectivity index (χ4v) is 3.63. The van der Waals surface area contributed by atoms with Crippen LogP contribution in [0.5, 0.6) is 0 Å². The van der Waals surface area contributed by atoms with E-state index in [0.717, 1.165) is 51.3 Å². The Labute approximate surface area is 211 Å². The van der Waals surface area contributed by atoms with Crippen molar-refractivity contribution in [3.8, 4) is 0 Å².